The van der Waals surface area contributed by atoms with E-state index in [2.05, 4.69) is 5.10 Å². The summed E-state index contributed by atoms with van der Waals surface area (Å²) in [6.45, 7) is 0. The van der Waals surface area contributed by atoms with Gasteiger partial charge < -0.3 is 14.6 Å². The van der Waals surface area contributed by atoms with E-state index in [4.69, 9.17) is 4.74 Å². The molecule has 0 amide bonds. The zero-order valence-corrected chi connectivity index (χ0v) is 15.4. The molecule has 0 saturated carbocycles. The number of ether oxygens (including phenoxy) is 1. The van der Waals surface area contributed by atoms with E-state index >= 15 is 0 Å². The normalized spacial score (nSPS) is 18.2. The summed E-state index contributed by atoms with van der Waals surface area (Å²) >= 11 is 0. The van der Waals surface area contributed by atoms with Crippen molar-refractivity contribution in [3.63, 3.8) is 0 Å². The zero-order valence-electron chi connectivity index (χ0n) is 15.4. The second-order valence-electron chi connectivity index (χ2n) is 6.67. The standard InChI is InChI=1S/C23H20N2O3/c1-28-19-12-10-18(11-13-19)25-20(17-8-4-2-5-9-17)21(27)22(24-25)23(16-26)14-6-3-7-15-23/h2-14,16,27H,15H2,1H3. The highest BCUT2D eigenvalue weighted by molar-refractivity contribution is 5.79. The van der Waals surface area contributed by atoms with Gasteiger partial charge >= 0.3 is 0 Å². The Kier molecular flexibility index (Phi) is 4.57. The summed E-state index contributed by atoms with van der Waals surface area (Å²) in [7, 11) is 1.61. The van der Waals surface area contributed by atoms with Gasteiger partial charge in [-0.15, -0.1) is 0 Å². The van der Waals surface area contributed by atoms with Crippen LogP contribution >= 0.6 is 0 Å². The van der Waals surface area contributed by atoms with Gasteiger partial charge in [-0.3, -0.25) is 0 Å². The monoisotopic (exact) mass is 372 g/mol. The molecule has 2 aromatic carbocycles. The number of aromatic hydroxyl groups is 1. The average molecular weight is 372 g/mol. The van der Waals surface area contributed by atoms with Crippen molar-refractivity contribution in [1.29, 1.82) is 0 Å². The van der Waals surface area contributed by atoms with Crippen molar-refractivity contribution in [3.8, 4) is 28.4 Å². The molecule has 1 aliphatic rings. The third-order valence-corrected chi connectivity index (χ3v) is 4.97. The minimum atomic E-state index is -0.986. The molecule has 0 saturated heterocycles. The van der Waals surface area contributed by atoms with Gasteiger partial charge in [0, 0.05) is 5.56 Å². The number of aldehydes is 1. The number of aromatic nitrogens is 2. The van der Waals surface area contributed by atoms with Crippen LogP contribution in [0, 0.1) is 0 Å². The lowest BCUT2D eigenvalue weighted by atomic mass is 9.79. The first-order valence-corrected chi connectivity index (χ1v) is 9.01. The van der Waals surface area contributed by atoms with E-state index in [1.54, 1.807) is 17.9 Å². The SMILES string of the molecule is COc1ccc(-n2nc(C3(C=O)C=CC=CC3)c(O)c2-c2ccccc2)cc1. The van der Waals surface area contributed by atoms with Crippen LogP contribution in [0.5, 0.6) is 11.5 Å². The number of hydrogen-bond donors (Lipinski definition) is 1. The van der Waals surface area contributed by atoms with Crippen LogP contribution in [-0.4, -0.2) is 28.3 Å². The summed E-state index contributed by atoms with van der Waals surface area (Å²) < 4.78 is 6.91. The summed E-state index contributed by atoms with van der Waals surface area (Å²) in [4.78, 5) is 12.0. The molecule has 5 heteroatoms. The van der Waals surface area contributed by atoms with Gasteiger partial charge in [0.25, 0.3) is 0 Å². The Hall–Kier alpha value is -3.60. The lowest BCUT2D eigenvalue weighted by molar-refractivity contribution is -0.111. The number of carbonyl (C=O) groups excluding carboxylic acids is 1. The van der Waals surface area contributed by atoms with Gasteiger partial charge in [0.15, 0.2) is 5.75 Å². The first-order valence-electron chi connectivity index (χ1n) is 9.01. The summed E-state index contributed by atoms with van der Waals surface area (Å²) in [5, 5.41) is 15.8. The molecule has 0 radical (unpaired) electrons. The maximum absolute atomic E-state index is 12.0. The van der Waals surface area contributed by atoms with Crippen LogP contribution in [0.2, 0.25) is 0 Å². The highest BCUT2D eigenvalue weighted by atomic mass is 16.5. The van der Waals surface area contributed by atoms with Gasteiger partial charge in [-0.05, 0) is 30.7 Å². The van der Waals surface area contributed by atoms with Crippen LogP contribution in [0.4, 0.5) is 0 Å². The van der Waals surface area contributed by atoms with E-state index in [1.165, 1.54) is 0 Å². The van der Waals surface area contributed by atoms with Crippen molar-refractivity contribution < 1.29 is 14.6 Å². The van der Waals surface area contributed by atoms with E-state index < -0.39 is 5.41 Å². The molecular formula is C23H20N2O3. The van der Waals surface area contributed by atoms with Crippen LogP contribution < -0.4 is 4.74 Å². The number of benzene rings is 2. The molecule has 1 aliphatic carbocycles. The van der Waals surface area contributed by atoms with Crippen molar-refractivity contribution in [3.05, 3.63) is 84.6 Å². The van der Waals surface area contributed by atoms with Crippen LogP contribution in [0.25, 0.3) is 16.9 Å². The third-order valence-electron chi connectivity index (χ3n) is 4.97. The fourth-order valence-corrected chi connectivity index (χ4v) is 3.44. The fraction of sp³-hybridized carbons (Fsp3) is 0.130. The van der Waals surface area contributed by atoms with Gasteiger partial charge in [-0.2, -0.15) is 5.10 Å². The maximum Gasteiger partial charge on any atom is 0.166 e. The first kappa shape index (κ1) is 17.8. The van der Waals surface area contributed by atoms with Gasteiger partial charge in [-0.25, -0.2) is 4.68 Å². The molecule has 28 heavy (non-hydrogen) atoms. The molecule has 0 spiro atoms. The Labute approximate surface area is 163 Å². The van der Waals surface area contributed by atoms with Gasteiger partial charge in [0.1, 0.15) is 23.4 Å². The number of nitrogens with zero attached hydrogens (tertiary/aromatic N) is 2. The summed E-state index contributed by atoms with van der Waals surface area (Å²) in [6.07, 6.45) is 8.69. The molecule has 1 aromatic heterocycles. The summed E-state index contributed by atoms with van der Waals surface area (Å²) in [5.41, 5.74) is 1.48. The molecule has 0 bridgehead atoms. The number of hydrogen-bond acceptors (Lipinski definition) is 4. The second-order valence-corrected chi connectivity index (χ2v) is 6.67. The smallest absolute Gasteiger partial charge is 0.166 e. The number of allylic oxidation sites excluding steroid dienone is 4. The van der Waals surface area contributed by atoms with Crippen molar-refractivity contribution in [1.82, 2.24) is 9.78 Å². The molecule has 1 unspecified atom stereocenters. The predicted molar refractivity (Wildman–Crippen MR) is 108 cm³/mol. The quantitative estimate of drug-likeness (QED) is 0.682. The molecular weight excluding hydrogens is 352 g/mol. The molecule has 1 N–H and O–H groups in total. The molecule has 0 aliphatic heterocycles. The Morgan fingerprint density at radius 3 is 2.46 bits per heavy atom. The Morgan fingerprint density at radius 2 is 1.86 bits per heavy atom. The third kappa shape index (κ3) is 2.91. The number of rotatable bonds is 5. The molecule has 5 nitrogen and oxygen atoms in total. The predicted octanol–water partition coefficient (Wildman–Crippen LogP) is 4.21. The van der Waals surface area contributed by atoms with Gasteiger partial charge in [-0.1, -0.05) is 54.6 Å². The van der Waals surface area contributed by atoms with Crippen molar-refractivity contribution >= 4 is 6.29 Å². The lowest BCUT2D eigenvalue weighted by Gasteiger charge is -2.22. The molecule has 0 fully saturated rings. The Morgan fingerprint density at radius 1 is 1.11 bits per heavy atom. The largest absolute Gasteiger partial charge is 0.504 e. The van der Waals surface area contributed by atoms with E-state index in [0.717, 1.165) is 23.3 Å². The van der Waals surface area contributed by atoms with Gasteiger partial charge in [0.2, 0.25) is 0 Å². The fourth-order valence-electron chi connectivity index (χ4n) is 3.44. The van der Waals surface area contributed by atoms with Crippen LogP contribution in [0.15, 0.2) is 78.9 Å². The number of carbonyl (C=O) groups is 1. The zero-order chi connectivity index (χ0) is 19.6. The summed E-state index contributed by atoms with van der Waals surface area (Å²) in [6, 6.07) is 16.9. The highest BCUT2D eigenvalue weighted by Crippen LogP contribution is 2.42. The minimum absolute atomic E-state index is 0.00840. The first-order chi connectivity index (χ1) is 13.7. The highest BCUT2D eigenvalue weighted by Gasteiger charge is 2.37. The maximum atomic E-state index is 12.0. The molecule has 1 heterocycles. The van der Waals surface area contributed by atoms with Gasteiger partial charge in [0.05, 0.1) is 18.2 Å². The van der Waals surface area contributed by atoms with Crippen LogP contribution in [0.1, 0.15) is 12.1 Å². The van der Waals surface area contributed by atoms with E-state index in [-0.39, 0.29) is 5.75 Å². The van der Waals surface area contributed by atoms with Crippen LogP contribution in [0.3, 0.4) is 0 Å². The lowest BCUT2D eigenvalue weighted by Crippen LogP contribution is -2.27. The second kappa shape index (κ2) is 7.19. The van der Waals surface area contributed by atoms with Crippen LogP contribution in [-0.2, 0) is 10.2 Å². The molecule has 1 atom stereocenters. The Bertz CT molecular complexity index is 1050. The van der Waals surface area contributed by atoms with E-state index in [0.29, 0.717) is 17.8 Å². The minimum Gasteiger partial charge on any atom is -0.504 e. The van der Waals surface area contributed by atoms with Crippen molar-refractivity contribution in [2.45, 2.75) is 11.8 Å². The molecule has 140 valence electrons. The summed E-state index contributed by atoms with van der Waals surface area (Å²) in [5.74, 6) is 0.736. The molecule has 3 aromatic rings. The number of methoxy groups -OCH3 is 1. The topological polar surface area (TPSA) is 64.4 Å². The molecule has 4 rings (SSSR count). The van der Waals surface area contributed by atoms with Crippen molar-refractivity contribution in [2.24, 2.45) is 0 Å². The Balaban J connectivity index is 1.95. The van der Waals surface area contributed by atoms with Crippen molar-refractivity contribution in [2.75, 3.05) is 7.11 Å². The van der Waals surface area contributed by atoms with E-state index in [1.807, 2.05) is 72.8 Å². The average Bonchev–Trinajstić information content (AvgIpc) is 3.12. The van der Waals surface area contributed by atoms with E-state index in [9.17, 15) is 9.90 Å².